The Labute approximate surface area is 222 Å². The molecule has 1 aromatic heterocycles. The molecule has 4 nitrogen and oxygen atoms in total. The van der Waals surface area contributed by atoms with Crippen LogP contribution in [0.4, 0.5) is 0 Å². The monoisotopic (exact) mass is 492 g/mol. The Kier molecular flexibility index (Phi) is 10.5. The van der Waals surface area contributed by atoms with E-state index in [-0.39, 0.29) is 0 Å². The third-order valence-electron chi connectivity index (χ3n) is 6.65. The van der Waals surface area contributed by atoms with Crippen LogP contribution in [0.1, 0.15) is 61.8 Å². The lowest BCUT2D eigenvalue weighted by atomic mass is 9.97. The number of nitrogens with two attached hydrogens (primary N) is 1. The van der Waals surface area contributed by atoms with Gasteiger partial charge in [-0.3, -0.25) is 9.98 Å². The Morgan fingerprint density at radius 2 is 1.95 bits per heavy atom. The van der Waals surface area contributed by atoms with Gasteiger partial charge in [0, 0.05) is 30.7 Å². The molecule has 192 valence electrons. The van der Waals surface area contributed by atoms with Crippen molar-refractivity contribution in [2.45, 2.75) is 52.0 Å². The maximum absolute atomic E-state index is 5.21. The first-order chi connectivity index (χ1) is 18.1. The van der Waals surface area contributed by atoms with E-state index >= 15 is 0 Å². The van der Waals surface area contributed by atoms with E-state index in [0.29, 0.717) is 6.04 Å². The molecule has 1 heterocycles. The van der Waals surface area contributed by atoms with Crippen molar-refractivity contribution in [3.05, 3.63) is 114 Å². The molecule has 3 N–H and O–H groups in total. The van der Waals surface area contributed by atoms with Gasteiger partial charge in [0.25, 0.3) is 0 Å². The first kappa shape index (κ1) is 27.7. The van der Waals surface area contributed by atoms with Crippen LogP contribution >= 0.6 is 0 Å². The molecule has 37 heavy (non-hydrogen) atoms. The fourth-order valence-electron chi connectivity index (χ4n) is 4.61. The zero-order chi connectivity index (χ0) is 26.6. The van der Waals surface area contributed by atoms with Crippen molar-refractivity contribution < 1.29 is 0 Å². The van der Waals surface area contributed by atoms with E-state index in [0.717, 1.165) is 36.9 Å². The molecule has 0 fully saturated rings. The number of fused-ring (bicyclic) bond motifs is 3. The van der Waals surface area contributed by atoms with Crippen LogP contribution in [0.15, 0.2) is 96.8 Å². The zero-order valence-corrected chi connectivity index (χ0v) is 22.5. The molecular formula is C33H40N4. The lowest BCUT2D eigenvalue weighted by Crippen LogP contribution is -2.06. The van der Waals surface area contributed by atoms with Crippen molar-refractivity contribution in [3.8, 4) is 0 Å². The van der Waals surface area contributed by atoms with Gasteiger partial charge in [0.15, 0.2) is 0 Å². The first-order valence-corrected chi connectivity index (χ1v) is 13.1. The van der Waals surface area contributed by atoms with Crippen LogP contribution in [0.5, 0.6) is 0 Å². The quantitative estimate of drug-likeness (QED) is 0.0988. The lowest BCUT2D eigenvalue weighted by molar-refractivity contribution is 0.570. The van der Waals surface area contributed by atoms with E-state index in [1.165, 1.54) is 51.4 Å². The second-order valence-corrected chi connectivity index (χ2v) is 9.18. The van der Waals surface area contributed by atoms with Crippen molar-refractivity contribution >= 4 is 28.4 Å². The minimum Gasteiger partial charge on any atom is -0.390 e. The number of aromatic nitrogens is 1. The number of pyridine rings is 1. The summed E-state index contributed by atoms with van der Waals surface area (Å²) in [6, 6.07) is 15.4. The normalized spacial score (nSPS) is 13.6. The number of hydrogen-bond acceptors (Lipinski definition) is 3. The largest absolute Gasteiger partial charge is 0.390 e. The SMILES string of the molecule is C=C1c2cc(CC(=C/C)/C=C(\NC)c3cccnc3)c3ccccc3c21.C=CCCC(CCC)N=CN. The highest BCUT2D eigenvalue weighted by atomic mass is 14.8. The van der Waals surface area contributed by atoms with Crippen LogP contribution < -0.4 is 11.1 Å². The molecule has 2 aromatic carbocycles. The van der Waals surface area contributed by atoms with Gasteiger partial charge in [0.1, 0.15) is 0 Å². The molecular weight excluding hydrogens is 452 g/mol. The van der Waals surface area contributed by atoms with Gasteiger partial charge in [-0.25, -0.2) is 0 Å². The van der Waals surface area contributed by atoms with Crippen molar-refractivity contribution in [2.75, 3.05) is 7.05 Å². The average molecular weight is 493 g/mol. The molecule has 4 heteroatoms. The highest BCUT2D eigenvalue weighted by Crippen LogP contribution is 2.47. The number of rotatable bonds is 11. The highest BCUT2D eigenvalue weighted by Gasteiger charge is 2.27. The number of nitrogens with one attached hydrogen (secondary N) is 1. The topological polar surface area (TPSA) is 63.3 Å². The summed E-state index contributed by atoms with van der Waals surface area (Å²) in [6.07, 6.45) is 16.7. The van der Waals surface area contributed by atoms with Crippen LogP contribution in [0.2, 0.25) is 0 Å². The highest BCUT2D eigenvalue weighted by molar-refractivity contribution is 6.13. The first-order valence-electron chi connectivity index (χ1n) is 13.1. The third kappa shape index (κ3) is 7.29. The molecule has 1 aliphatic carbocycles. The second kappa shape index (κ2) is 14.0. The van der Waals surface area contributed by atoms with Gasteiger partial charge >= 0.3 is 0 Å². The minimum atomic E-state index is 0.406. The fourth-order valence-corrected chi connectivity index (χ4v) is 4.61. The van der Waals surface area contributed by atoms with Crippen LogP contribution in [0.25, 0.3) is 22.0 Å². The van der Waals surface area contributed by atoms with Crippen LogP contribution in [-0.2, 0) is 6.42 Å². The van der Waals surface area contributed by atoms with E-state index < -0.39 is 0 Å². The number of nitrogens with zero attached hydrogens (tertiary/aromatic N) is 2. The minimum absolute atomic E-state index is 0.406. The summed E-state index contributed by atoms with van der Waals surface area (Å²) in [5.41, 5.74) is 13.9. The van der Waals surface area contributed by atoms with Crippen molar-refractivity contribution in [1.29, 1.82) is 0 Å². The van der Waals surface area contributed by atoms with E-state index in [1.54, 1.807) is 6.20 Å². The molecule has 0 bridgehead atoms. The predicted octanol–water partition coefficient (Wildman–Crippen LogP) is 7.47. The van der Waals surface area contributed by atoms with Gasteiger partial charge < -0.3 is 11.1 Å². The maximum Gasteiger partial charge on any atom is 0.0801 e. The molecule has 1 aliphatic rings. The van der Waals surface area contributed by atoms with E-state index in [4.69, 9.17) is 5.73 Å². The molecule has 0 saturated carbocycles. The van der Waals surface area contributed by atoms with Crippen molar-refractivity contribution in [3.63, 3.8) is 0 Å². The number of benzene rings is 2. The summed E-state index contributed by atoms with van der Waals surface area (Å²) in [5.74, 6) is 0. The molecule has 1 unspecified atom stereocenters. The molecule has 1 atom stereocenters. The fraction of sp³-hybridized carbons (Fsp3) is 0.273. The standard InChI is InChI=1S/C24H22N2.C9H18N2/c1-4-17(13-23(25-3)18-8-7-11-26-15-18)12-19-14-22-16(2)24(22)21-10-6-5-9-20(19)21;1-3-5-7-9(6-4-2)11-8-10/h4-11,13-15,25H,2,12H2,1,3H3;3,8-9H,1,4-7H2,2H3,(H2,10,11)/b17-4-,23-13-;. The molecule has 0 radical (unpaired) electrons. The maximum atomic E-state index is 5.21. The van der Waals surface area contributed by atoms with Gasteiger partial charge in [0.2, 0.25) is 0 Å². The Morgan fingerprint density at radius 3 is 2.57 bits per heavy atom. The van der Waals surface area contributed by atoms with Gasteiger partial charge in [0.05, 0.1) is 12.4 Å². The number of allylic oxidation sites excluding steroid dienone is 4. The van der Waals surface area contributed by atoms with E-state index in [9.17, 15) is 0 Å². The van der Waals surface area contributed by atoms with Gasteiger partial charge in [-0.1, -0.05) is 56.3 Å². The van der Waals surface area contributed by atoms with Gasteiger partial charge in [-0.2, -0.15) is 0 Å². The predicted molar refractivity (Wildman–Crippen MR) is 162 cm³/mol. The third-order valence-corrected chi connectivity index (χ3v) is 6.65. The van der Waals surface area contributed by atoms with Gasteiger partial charge in [-0.15, -0.1) is 6.58 Å². The van der Waals surface area contributed by atoms with Crippen molar-refractivity contribution in [1.82, 2.24) is 10.3 Å². The summed E-state index contributed by atoms with van der Waals surface area (Å²) in [7, 11) is 1.95. The molecule has 0 saturated heterocycles. The molecule has 0 spiro atoms. The van der Waals surface area contributed by atoms with Gasteiger partial charge in [-0.05, 0) is 95.5 Å². The molecule has 0 aliphatic heterocycles. The summed E-state index contributed by atoms with van der Waals surface area (Å²) in [6.45, 7) is 12.1. The van der Waals surface area contributed by atoms with Crippen molar-refractivity contribution in [2.24, 2.45) is 10.7 Å². The average Bonchev–Trinajstić information content (AvgIpc) is 3.59. The van der Waals surface area contributed by atoms with Crippen LogP contribution in [0.3, 0.4) is 0 Å². The second-order valence-electron chi connectivity index (χ2n) is 9.18. The zero-order valence-electron chi connectivity index (χ0n) is 22.5. The summed E-state index contributed by atoms with van der Waals surface area (Å²) in [5, 5.41) is 5.95. The van der Waals surface area contributed by atoms with E-state index in [2.05, 4.69) is 90.8 Å². The molecule has 4 rings (SSSR count). The smallest absolute Gasteiger partial charge is 0.0801 e. The Balaban J connectivity index is 0.000000295. The molecule has 0 amide bonds. The number of aliphatic imine (C=N–C) groups is 1. The number of hydrogen-bond donors (Lipinski definition) is 2. The Morgan fingerprint density at radius 1 is 1.16 bits per heavy atom. The van der Waals surface area contributed by atoms with Crippen LogP contribution in [-0.4, -0.2) is 24.4 Å². The Hall–Kier alpha value is -3.92. The summed E-state index contributed by atoms with van der Waals surface area (Å²) >= 11 is 0. The van der Waals surface area contributed by atoms with E-state index in [1.807, 2.05) is 25.4 Å². The summed E-state index contributed by atoms with van der Waals surface area (Å²) in [4.78, 5) is 8.38. The summed E-state index contributed by atoms with van der Waals surface area (Å²) < 4.78 is 0. The Bertz CT molecular complexity index is 1300. The molecule has 3 aromatic rings. The lowest BCUT2D eigenvalue weighted by Gasteiger charge is -2.10. The van der Waals surface area contributed by atoms with Crippen LogP contribution in [0, 0.1) is 0 Å².